The largest absolute Gasteiger partial charge is 0.248 e. The number of hydrogen-bond donors (Lipinski definition) is 0. The first-order valence-corrected chi connectivity index (χ1v) is 19.0. The summed E-state index contributed by atoms with van der Waals surface area (Å²) in [6, 6.07) is 77.7. The molecule has 0 aliphatic rings. The molecule has 0 radical (unpaired) electrons. The van der Waals surface area contributed by atoms with Gasteiger partial charge in [-0.2, -0.15) is 0 Å². The van der Waals surface area contributed by atoms with Crippen LogP contribution in [0.5, 0.6) is 0 Å². The summed E-state index contributed by atoms with van der Waals surface area (Å²) < 4.78 is 0. The molecule has 2 nitrogen and oxygen atoms in total. The summed E-state index contributed by atoms with van der Waals surface area (Å²) in [5.41, 5.74) is 15.2. The highest BCUT2D eigenvalue weighted by Crippen LogP contribution is 2.35. The summed E-state index contributed by atoms with van der Waals surface area (Å²) in [5, 5.41) is 4.86. The fraction of sp³-hybridized carbons (Fsp3) is 0. The van der Waals surface area contributed by atoms with Crippen LogP contribution in [-0.4, -0.2) is 9.97 Å². The summed E-state index contributed by atoms with van der Waals surface area (Å²) in [5.74, 6) is 0. The van der Waals surface area contributed by atoms with E-state index in [1.165, 1.54) is 32.7 Å². The van der Waals surface area contributed by atoms with Gasteiger partial charge in [-0.05, 0) is 91.3 Å². The molecule has 262 valence electrons. The number of rotatable bonds is 7. The molecule has 0 aliphatic carbocycles. The van der Waals surface area contributed by atoms with E-state index in [9.17, 15) is 0 Å². The van der Waals surface area contributed by atoms with Gasteiger partial charge in [0.15, 0.2) is 0 Å². The van der Waals surface area contributed by atoms with E-state index in [0.717, 1.165) is 67.3 Å². The predicted octanol–water partition coefficient (Wildman–Crippen LogP) is 14.5. The highest BCUT2D eigenvalue weighted by atomic mass is 14.7. The molecule has 0 N–H and O–H groups in total. The zero-order valence-electron chi connectivity index (χ0n) is 30.7. The van der Waals surface area contributed by atoms with Crippen LogP contribution < -0.4 is 0 Å². The Balaban J connectivity index is 0.994. The van der Waals surface area contributed by atoms with Crippen molar-refractivity contribution in [3.8, 4) is 78.4 Å². The van der Waals surface area contributed by atoms with E-state index in [0.29, 0.717) is 0 Å². The maximum Gasteiger partial charge on any atom is 0.0715 e. The Hall–Kier alpha value is -7.42. The van der Waals surface area contributed by atoms with Crippen molar-refractivity contribution in [1.82, 2.24) is 9.97 Å². The Morgan fingerprint density at radius 3 is 0.839 bits per heavy atom. The van der Waals surface area contributed by atoms with Crippen LogP contribution in [0.25, 0.3) is 100.0 Å². The van der Waals surface area contributed by atoms with E-state index in [4.69, 9.17) is 9.97 Å². The SMILES string of the molecule is c1ccc(-c2cc(-c3ccc(-c4ccc(-c5cc(-c6ccc7ccccc7c6)nc(-c6ccc7ccccc7c6)c5)cc4)cc3)cc(-c3ccccc3)n2)cc1. The Morgan fingerprint density at radius 2 is 0.464 bits per heavy atom. The third-order valence-corrected chi connectivity index (χ3v) is 10.7. The van der Waals surface area contributed by atoms with Gasteiger partial charge in [0.1, 0.15) is 0 Å². The fourth-order valence-corrected chi connectivity index (χ4v) is 7.61. The standard InChI is InChI=1S/C54H36N2/c1-3-13-43(14-4-1)51-33-49(34-52(55-51)44-15-5-2-6-16-44)41-23-19-39(20-24-41)40-21-25-42(26-22-40)50-35-53(47-29-27-37-11-7-9-17-45(37)31-47)56-54(36-50)48-30-28-38-12-8-10-18-46(38)32-48/h1-36H. The summed E-state index contributed by atoms with van der Waals surface area (Å²) in [4.78, 5) is 10.3. The Morgan fingerprint density at radius 1 is 0.179 bits per heavy atom. The lowest BCUT2D eigenvalue weighted by atomic mass is 9.95. The molecule has 0 aliphatic heterocycles. The van der Waals surface area contributed by atoms with Gasteiger partial charge < -0.3 is 0 Å². The number of nitrogens with zero attached hydrogens (tertiary/aromatic N) is 2. The van der Waals surface area contributed by atoms with Crippen LogP contribution in [-0.2, 0) is 0 Å². The van der Waals surface area contributed by atoms with Crippen molar-refractivity contribution in [3.05, 3.63) is 218 Å². The van der Waals surface area contributed by atoms with Crippen molar-refractivity contribution in [2.45, 2.75) is 0 Å². The number of pyridine rings is 2. The van der Waals surface area contributed by atoms with Crippen LogP contribution in [0.2, 0.25) is 0 Å². The lowest BCUT2D eigenvalue weighted by Crippen LogP contribution is -1.92. The summed E-state index contributed by atoms with van der Waals surface area (Å²) in [6.45, 7) is 0. The molecule has 10 aromatic rings. The molecule has 0 atom stereocenters. The van der Waals surface area contributed by atoms with E-state index in [1.54, 1.807) is 0 Å². The topological polar surface area (TPSA) is 25.8 Å². The van der Waals surface area contributed by atoms with Gasteiger partial charge in [-0.1, -0.05) is 182 Å². The Labute approximate surface area is 327 Å². The molecule has 2 heterocycles. The number of benzene rings is 8. The minimum absolute atomic E-state index is 0.957. The average molecular weight is 713 g/mol. The van der Waals surface area contributed by atoms with Crippen molar-refractivity contribution in [1.29, 1.82) is 0 Å². The van der Waals surface area contributed by atoms with Crippen LogP contribution in [0.15, 0.2) is 218 Å². The van der Waals surface area contributed by atoms with Gasteiger partial charge >= 0.3 is 0 Å². The molecule has 0 fully saturated rings. The van der Waals surface area contributed by atoms with Crippen molar-refractivity contribution in [2.24, 2.45) is 0 Å². The van der Waals surface area contributed by atoms with Crippen molar-refractivity contribution in [2.75, 3.05) is 0 Å². The van der Waals surface area contributed by atoms with Gasteiger partial charge in [0, 0.05) is 22.3 Å². The van der Waals surface area contributed by atoms with Crippen LogP contribution in [0, 0.1) is 0 Å². The molecule has 10 rings (SSSR count). The van der Waals surface area contributed by atoms with Crippen LogP contribution in [0.1, 0.15) is 0 Å². The molecular formula is C54H36N2. The first kappa shape index (κ1) is 33.2. The zero-order chi connectivity index (χ0) is 37.3. The van der Waals surface area contributed by atoms with Gasteiger partial charge in [0.25, 0.3) is 0 Å². The Bertz CT molecular complexity index is 2830. The molecule has 0 unspecified atom stereocenters. The fourth-order valence-electron chi connectivity index (χ4n) is 7.61. The molecule has 2 heteroatoms. The number of fused-ring (bicyclic) bond motifs is 2. The minimum atomic E-state index is 0.957. The lowest BCUT2D eigenvalue weighted by Gasteiger charge is -2.13. The zero-order valence-corrected chi connectivity index (χ0v) is 30.7. The second kappa shape index (κ2) is 14.4. The third-order valence-electron chi connectivity index (χ3n) is 10.7. The average Bonchev–Trinajstić information content (AvgIpc) is 3.29. The van der Waals surface area contributed by atoms with E-state index in [-0.39, 0.29) is 0 Å². The molecule has 0 amide bonds. The van der Waals surface area contributed by atoms with Crippen LogP contribution in [0.3, 0.4) is 0 Å². The summed E-state index contributed by atoms with van der Waals surface area (Å²) in [7, 11) is 0. The molecular weight excluding hydrogens is 677 g/mol. The van der Waals surface area contributed by atoms with Crippen molar-refractivity contribution >= 4 is 21.5 Å². The molecule has 0 spiro atoms. The highest BCUT2D eigenvalue weighted by Gasteiger charge is 2.13. The molecule has 2 aromatic heterocycles. The van der Waals surface area contributed by atoms with Crippen molar-refractivity contribution in [3.63, 3.8) is 0 Å². The van der Waals surface area contributed by atoms with E-state index in [2.05, 4.69) is 206 Å². The van der Waals surface area contributed by atoms with E-state index >= 15 is 0 Å². The van der Waals surface area contributed by atoms with Gasteiger partial charge in [-0.3, -0.25) is 0 Å². The van der Waals surface area contributed by atoms with Crippen LogP contribution >= 0.6 is 0 Å². The predicted molar refractivity (Wildman–Crippen MR) is 235 cm³/mol. The lowest BCUT2D eigenvalue weighted by molar-refractivity contribution is 1.32. The molecule has 8 aromatic carbocycles. The molecule has 56 heavy (non-hydrogen) atoms. The smallest absolute Gasteiger partial charge is 0.0715 e. The van der Waals surface area contributed by atoms with Crippen LogP contribution in [0.4, 0.5) is 0 Å². The first-order valence-electron chi connectivity index (χ1n) is 19.0. The van der Waals surface area contributed by atoms with Crippen molar-refractivity contribution < 1.29 is 0 Å². The second-order valence-corrected chi connectivity index (χ2v) is 14.3. The Kier molecular flexibility index (Phi) is 8.55. The summed E-state index contributed by atoms with van der Waals surface area (Å²) in [6.07, 6.45) is 0. The van der Waals surface area contributed by atoms with E-state index in [1.807, 2.05) is 12.1 Å². The molecule has 0 bridgehead atoms. The summed E-state index contributed by atoms with van der Waals surface area (Å²) >= 11 is 0. The van der Waals surface area contributed by atoms with Gasteiger partial charge in [-0.15, -0.1) is 0 Å². The van der Waals surface area contributed by atoms with Gasteiger partial charge in [-0.25, -0.2) is 9.97 Å². The third kappa shape index (κ3) is 6.66. The quantitative estimate of drug-likeness (QED) is 0.164. The molecule has 0 saturated carbocycles. The second-order valence-electron chi connectivity index (χ2n) is 14.3. The number of hydrogen-bond acceptors (Lipinski definition) is 2. The monoisotopic (exact) mass is 712 g/mol. The van der Waals surface area contributed by atoms with E-state index < -0.39 is 0 Å². The maximum absolute atomic E-state index is 5.25. The normalized spacial score (nSPS) is 11.2. The highest BCUT2D eigenvalue weighted by molar-refractivity contribution is 5.90. The first-order chi connectivity index (χ1) is 27.7. The van der Waals surface area contributed by atoms with Gasteiger partial charge in [0.2, 0.25) is 0 Å². The van der Waals surface area contributed by atoms with Gasteiger partial charge in [0.05, 0.1) is 22.8 Å². The minimum Gasteiger partial charge on any atom is -0.248 e. The maximum atomic E-state index is 5.25. The molecule has 0 saturated heterocycles. The number of aromatic nitrogens is 2.